The van der Waals surface area contributed by atoms with E-state index in [0.29, 0.717) is 26.3 Å². The first-order chi connectivity index (χ1) is 6.91. The number of nitrogens with zero attached hydrogens (tertiary/aromatic N) is 2. The van der Waals surface area contributed by atoms with E-state index in [4.69, 9.17) is 51.1 Å². The highest BCUT2D eigenvalue weighted by atomic mass is 35.6. The lowest BCUT2D eigenvalue weighted by Crippen LogP contribution is -2.39. The fourth-order valence-corrected chi connectivity index (χ4v) is 1.34. The first-order valence-electron chi connectivity index (χ1n) is 4.09. The van der Waals surface area contributed by atoms with Gasteiger partial charge in [-0.3, -0.25) is 4.79 Å². The summed E-state index contributed by atoms with van der Waals surface area (Å²) in [7, 11) is 0. The molecule has 0 radical (unpaired) electrons. The van der Waals surface area contributed by atoms with Gasteiger partial charge in [0.15, 0.2) is 0 Å². The third-order valence-electron chi connectivity index (χ3n) is 1.71. The van der Waals surface area contributed by atoms with Crippen LogP contribution in [0.5, 0.6) is 0 Å². The third-order valence-corrected chi connectivity index (χ3v) is 2.52. The Kier molecular flexibility index (Phi) is 4.93. The minimum Gasteiger partial charge on any atom is -0.378 e. The van der Waals surface area contributed by atoms with Crippen molar-refractivity contribution in [1.29, 1.82) is 0 Å². The maximum Gasteiger partial charge on any atom is 0.300 e. The first-order valence-corrected chi connectivity index (χ1v) is 5.60. The van der Waals surface area contributed by atoms with Gasteiger partial charge in [-0.15, -0.1) is 0 Å². The Bertz CT molecular complexity index is 271. The van der Waals surface area contributed by atoms with Gasteiger partial charge in [-0.05, 0) is 11.6 Å². The van der Waals surface area contributed by atoms with Gasteiger partial charge in [-0.25, -0.2) is 0 Å². The number of halogens is 4. The molecule has 1 saturated heterocycles. The Hall–Kier alpha value is 0.260. The summed E-state index contributed by atoms with van der Waals surface area (Å²) < 4.78 is 3.04. The molecule has 8 heteroatoms. The lowest BCUT2D eigenvalue weighted by atomic mass is 10.5. The number of morpholine rings is 1. The van der Waals surface area contributed by atoms with Crippen LogP contribution in [0.25, 0.3) is 0 Å². The second-order valence-corrected chi connectivity index (χ2v) is 5.40. The van der Waals surface area contributed by atoms with Crippen molar-refractivity contribution in [2.45, 2.75) is 3.79 Å². The molecule has 0 saturated carbocycles. The minimum atomic E-state index is -2.06. The molecule has 0 aliphatic carbocycles. The summed E-state index contributed by atoms with van der Waals surface area (Å²) in [6.45, 7) is 2.20. The van der Waals surface area contributed by atoms with E-state index in [1.807, 2.05) is 0 Å². The van der Waals surface area contributed by atoms with Crippen LogP contribution >= 0.6 is 46.4 Å². The summed E-state index contributed by atoms with van der Waals surface area (Å²) in [6, 6.07) is 0. The number of alkyl halides is 3. The molecule has 15 heavy (non-hydrogen) atoms. The summed E-state index contributed by atoms with van der Waals surface area (Å²) in [5.74, 6) is -0.899. The van der Waals surface area contributed by atoms with Crippen molar-refractivity contribution in [2.75, 3.05) is 26.3 Å². The molecule has 0 aromatic carbocycles. The van der Waals surface area contributed by atoms with Gasteiger partial charge in [0.2, 0.25) is 5.29 Å². The van der Waals surface area contributed by atoms with Gasteiger partial charge >= 0.3 is 0 Å². The van der Waals surface area contributed by atoms with Crippen LogP contribution in [0.15, 0.2) is 4.99 Å². The molecule has 1 amide bonds. The van der Waals surface area contributed by atoms with Crippen molar-refractivity contribution in [2.24, 2.45) is 4.99 Å². The number of carbonyl (C=O) groups excluding carboxylic acids is 1. The van der Waals surface area contributed by atoms with E-state index in [0.717, 1.165) is 0 Å². The molecular weight excluding hydrogens is 286 g/mol. The highest BCUT2D eigenvalue weighted by Crippen LogP contribution is 2.27. The van der Waals surface area contributed by atoms with Crippen LogP contribution in [0.1, 0.15) is 0 Å². The number of hydrogen-bond acceptors (Lipinski definition) is 2. The molecule has 0 aromatic heterocycles. The average Bonchev–Trinajstić information content (AvgIpc) is 2.17. The van der Waals surface area contributed by atoms with Gasteiger partial charge in [-0.2, -0.15) is 4.99 Å². The highest BCUT2D eigenvalue weighted by molar-refractivity contribution is 6.77. The van der Waals surface area contributed by atoms with Crippen LogP contribution in [0.4, 0.5) is 0 Å². The van der Waals surface area contributed by atoms with Crippen molar-refractivity contribution >= 4 is 57.6 Å². The van der Waals surface area contributed by atoms with E-state index in [2.05, 4.69) is 4.99 Å². The van der Waals surface area contributed by atoms with Crippen molar-refractivity contribution < 1.29 is 9.53 Å². The normalized spacial score (nSPS) is 19.2. The Labute approximate surface area is 107 Å². The zero-order valence-corrected chi connectivity index (χ0v) is 10.6. The predicted octanol–water partition coefficient (Wildman–Crippen LogP) is 1.81. The fourth-order valence-electron chi connectivity index (χ4n) is 0.966. The SMILES string of the molecule is O=C(N=C(Cl)N1CCOCC1)C(Cl)(Cl)Cl. The smallest absolute Gasteiger partial charge is 0.300 e. The summed E-state index contributed by atoms with van der Waals surface area (Å²) in [4.78, 5) is 16.4. The number of aliphatic imine (C=N–C) groups is 1. The Balaban J connectivity index is 2.62. The summed E-state index contributed by atoms with van der Waals surface area (Å²) in [6.07, 6.45) is 0. The maximum atomic E-state index is 11.2. The fraction of sp³-hybridized carbons (Fsp3) is 0.714. The Morgan fingerprint density at radius 3 is 2.27 bits per heavy atom. The molecule has 1 aliphatic heterocycles. The van der Waals surface area contributed by atoms with Gasteiger partial charge in [0.1, 0.15) is 0 Å². The van der Waals surface area contributed by atoms with Crippen LogP contribution in [0.3, 0.4) is 0 Å². The molecule has 0 atom stereocenters. The lowest BCUT2D eigenvalue weighted by Gasteiger charge is -2.26. The van der Waals surface area contributed by atoms with Crippen LogP contribution in [-0.4, -0.2) is 46.2 Å². The molecule has 0 N–H and O–H groups in total. The van der Waals surface area contributed by atoms with E-state index < -0.39 is 9.70 Å². The molecular formula is C7H8Cl4N2O2. The van der Waals surface area contributed by atoms with Gasteiger partial charge in [0, 0.05) is 13.1 Å². The van der Waals surface area contributed by atoms with Crippen LogP contribution in [-0.2, 0) is 9.53 Å². The number of ether oxygens (including phenoxy) is 1. The standard InChI is InChI=1S/C7H8Cl4N2O2/c8-6(12-5(14)7(9,10)11)13-1-3-15-4-2-13/h1-4H2. The van der Waals surface area contributed by atoms with E-state index in [1.54, 1.807) is 4.90 Å². The molecule has 4 nitrogen and oxygen atoms in total. The molecule has 86 valence electrons. The first kappa shape index (κ1) is 13.3. The molecule has 1 fully saturated rings. The summed E-state index contributed by atoms with van der Waals surface area (Å²) in [5.41, 5.74) is 0. The van der Waals surface area contributed by atoms with Gasteiger partial charge < -0.3 is 9.64 Å². The van der Waals surface area contributed by atoms with Gasteiger partial charge in [-0.1, -0.05) is 34.8 Å². The Morgan fingerprint density at radius 2 is 1.80 bits per heavy atom. The van der Waals surface area contributed by atoms with Crippen LogP contribution < -0.4 is 0 Å². The number of amides is 1. The maximum absolute atomic E-state index is 11.2. The lowest BCUT2D eigenvalue weighted by molar-refractivity contribution is -0.117. The number of hydrogen-bond donors (Lipinski definition) is 0. The van der Waals surface area contributed by atoms with Crippen LogP contribution in [0.2, 0.25) is 0 Å². The molecule has 1 aliphatic rings. The van der Waals surface area contributed by atoms with Crippen molar-refractivity contribution in [3.8, 4) is 0 Å². The highest BCUT2D eigenvalue weighted by Gasteiger charge is 2.31. The van der Waals surface area contributed by atoms with Gasteiger partial charge in [0.25, 0.3) is 9.70 Å². The monoisotopic (exact) mass is 292 g/mol. The molecule has 1 heterocycles. The molecule has 0 spiro atoms. The summed E-state index contributed by atoms with van der Waals surface area (Å²) in [5, 5.41) is 0.0228. The molecule has 0 aromatic rings. The number of amidine groups is 1. The minimum absolute atomic E-state index is 0.0228. The average molecular weight is 294 g/mol. The van der Waals surface area contributed by atoms with Crippen LogP contribution in [0, 0.1) is 0 Å². The van der Waals surface area contributed by atoms with E-state index >= 15 is 0 Å². The van der Waals surface area contributed by atoms with Gasteiger partial charge in [0.05, 0.1) is 13.2 Å². The molecule has 0 bridgehead atoms. The molecule has 0 unspecified atom stereocenters. The zero-order valence-electron chi connectivity index (χ0n) is 7.55. The van der Waals surface area contributed by atoms with Crippen molar-refractivity contribution in [3.05, 3.63) is 0 Å². The van der Waals surface area contributed by atoms with E-state index in [-0.39, 0.29) is 5.29 Å². The van der Waals surface area contributed by atoms with Crippen molar-refractivity contribution in [3.63, 3.8) is 0 Å². The quantitative estimate of drug-likeness (QED) is 0.296. The number of carbonyl (C=O) groups is 1. The zero-order chi connectivity index (χ0) is 11.5. The van der Waals surface area contributed by atoms with E-state index in [9.17, 15) is 4.79 Å². The third kappa shape index (κ3) is 4.33. The second kappa shape index (κ2) is 5.55. The second-order valence-electron chi connectivity index (χ2n) is 2.78. The van der Waals surface area contributed by atoms with Crippen molar-refractivity contribution in [1.82, 2.24) is 4.90 Å². The van der Waals surface area contributed by atoms with E-state index in [1.165, 1.54) is 0 Å². The number of rotatable bonds is 0. The Morgan fingerprint density at radius 1 is 1.27 bits per heavy atom. The predicted molar refractivity (Wildman–Crippen MR) is 61.0 cm³/mol. The topological polar surface area (TPSA) is 41.9 Å². The molecule has 1 rings (SSSR count). The summed E-state index contributed by atoms with van der Waals surface area (Å²) >= 11 is 21.8. The largest absolute Gasteiger partial charge is 0.378 e.